The molecule has 0 saturated heterocycles. The Balaban J connectivity index is 2.03. The zero-order valence-electron chi connectivity index (χ0n) is 15.4. The number of carbonyl (C=O) groups is 2. The quantitative estimate of drug-likeness (QED) is 0.620. The molecule has 0 bridgehead atoms. The first kappa shape index (κ1) is 19.0. The van der Waals surface area contributed by atoms with Gasteiger partial charge in [0, 0.05) is 5.56 Å². The summed E-state index contributed by atoms with van der Waals surface area (Å²) in [6.45, 7) is 8.52. The highest BCUT2D eigenvalue weighted by molar-refractivity contribution is 5.92. The molecule has 0 radical (unpaired) electrons. The average Bonchev–Trinajstić information content (AvgIpc) is 2.56. The lowest BCUT2D eigenvalue weighted by Crippen LogP contribution is -2.22. The van der Waals surface area contributed by atoms with Crippen molar-refractivity contribution < 1.29 is 14.3 Å². The summed E-state index contributed by atoms with van der Waals surface area (Å²) in [5, 5.41) is 0. The molecule has 2 unspecified atom stereocenters. The highest BCUT2D eigenvalue weighted by atomic mass is 16.5. The largest absolute Gasteiger partial charge is 0.426 e. The molecule has 1 aliphatic carbocycles. The fraction of sp³-hybridized carbons (Fsp3) is 0.429. The third-order valence-electron chi connectivity index (χ3n) is 4.60. The van der Waals surface area contributed by atoms with Crippen molar-refractivity contribution in [3.8, 4) is 5.75 Å². The van der Waals surface area contributed by atoms with E-state index in [1.54, 1.807) is 24.3 Å². The summed E-state index contributed by atoms with van der Waals surface area (Å²) >= 11 is 0. The summed E-state index contributed by atoms with van der Waals surface area (Å²) in [5.41, 5.74) is 8.14. The van der Waals surface area contributed by atoms with Crippen LogP contribution in [0, 0.1) is 17.8 Å². The standard InChI is InChI=1S/C21H27NO3/c1-13(2)11-17-5-6-18(12-14(17)3)15(4)21(24)25-19-9-7-16(8-10-19)20(22)23/h5-10,13-15H,11-12H2,1-4H3,(H2,22,23). The van der Waals surface area contributed by atoms with Gasteiger partial charge in [0.2, 0.25) is 5.91 Å². The zero-order valence-corrected chi connectivity index (χ0v) is 15.4. The minimum absolute atomic E-state index is 0.286. The van der Waals surface area contributed by atoms with Crippen LogP contribution >= 0.6 is 0 Å². The first-order valence-electron chi connectivity index (χ1n) is 8.79. The number of hydrogen-bond acceptors (Lipinski definition) is 3. The Morgan fingerprint density at radius 3 is 2.32 bits per heavy atom. The number of ether oxygens (including phenoxy) is 1. The molecule has 4 nitrogen and oxygen atoms in total. The summed E-state index contributed by atoms with van der Waals surface area (Å²) in [7, 11) is 0. The van der Waals surface area contributed by atoms with Crippen LogP contribution in [0.25, 0.3) is 0 Å². The smallest absolute Gasteiger partial charge is 0.318 e. The molecule has 0 fully saturated rings. The normalized spacial score (nSPS) is 18.4. The highest BCUT2D eigenvalue weighted by Crippen LogP contribution is 2.33. The Kier molecular flexibility index (Phi) is 6.18. The molecule has 4 heteroatoms. The molecule has 0 aliphatic heterocycles. The molecule has 2 N–H and O–H groups in total. The van der Waals surface area contributed by atoms with Crippen LogP contribution in [0.2, 0.25) is 0 Å². The second-order valence-electron chi connectivity index (χ2n) is 7.22. The van der Waals surface area contributed by atoms with Gasteiger partial charge in [-0.1, -0.05) is 44.1 Å². The van der Waals surface area contributed by atoms with E-state index in [-0.39, 0.29) is 11.9 Å². The van der Waals surface area contributed by atoms with Crippen LogP contribution < -0.4 is 10.5 Å². The van der Waals surface area contributed by atoms with Gasteiger partial charge in [-0.05, 0) is 55.9 Å². The van der Waals surface area contributed by atoms with E-state index in [0.29, 0.717) is 23.1 Å². The molecule has 2 atom stereocenters. The van der Waals surface area contributed by atoms with E-state index in [2.05, 4.69) is 32.9 Å². The molecule has 134 valence electrons. The van der Waals surface area contributed by atoms with E-state index in [4.69, 9.17) is 10.5 Å². The van der Waals surface area contributed by atoms with Crippen molar-refractivity contribution in [3.05, 3.63) is 53.1 Å². The Morgan fingerprint density at radius 1 is 1.16 bits per heavy atom. The minimum Gasteiger partial charge on any atom is -0.426 e. The molecule has 1 amide bonds. The maximum Gasteiger partial charge on any atom is 0.318 e. The molecule has 0 saturated carbocycles. The molecule has 1 aromatic rings. The first-order valence-corrected chi connectivity index (χ1v) is 8.79. The van der Waals surface area contributed by atoms with Crippen molar-refractivity contribution in [2.45, 2.75) is 40.5 Å². The molecule has 0 spiro atoms. The van der Waals surface area contributed by atoms with Crippen molar-refractivity contribution in [3.63, 3.8) is 0 Å². The summed E-state index contributed by atoms with van der Waals surface area (Å²) in [6, 6.07) is 6.28. The number of primary amides is 1. The minimum atomic E-state index is -0.503. The summed E-state index contributed by atoms with van der Waals surface area (Å²) < 4.78 is 5.44. The Morgan fingerprint density at radius 2 is 1.80 bits per heavy atom. The first-order chi connectivity index (χ1) is 11.8. The summed E-state index contributed by atoms with van der Waals surface area (Å²) in [5.74, 6) is 0.418. The lowest BCUT2D eigenvalue weighted by molar-refractivity contribution is -0.137. The van der Waals surface area contributed by atoms with Crippen molar-refractivity contribution in [2.24, 2.45) is 23.5 Å². The molecule has 0 aromatic heterocycles. The number of esters is 1. The maximum atomic E-state index is 12.4. The van der Waals surface area contributed by atoms with Crippen molar-refractivity contribution >= 4 is 11.9 Å². The molecule has 1 aliphatic rings. The number of carbonyl (C=O) groups excluding carboxylic acids is 2. The molecular formula is C21H27NO3. The van der Waals surface area contributed by atoms with Gasteiger partial charge in [0.25, 0.3) is 0 Å². The van der Waals surface area contributed by atoms with Crippen LogP contribution in [0.15, 0.2) is 47.6 Å². The third-order valence-corrected chi connectivity index (χ3v) is 4.60. The number of amides is 1. The van der Waals surface area contributed by atoms with E-state index < -0.39 is 5.91 Å². The van der Waals surface area contributed by atoms with Crippen molar-refractivity contribution in [1.82, 2.24) is 0 Å². The van der Waals surface area contributed by atoms with Gasteiger partial charge in [-0.25, -0.2) is 0 Å². The van der Waals surface area contributed by atoms with Crippen molar-refractivity contribution in [2.75, 3.05) is 0 Å². The predicted molar refractivity (Wildman–Crippen MR) is 99.2 cm³/mol. The average molecular weight is 341 g/mol. The van der Waals surface area contributed by atoms with Gasteiger partial charge >= 0.3 is 5.97 Å². The number of hydrogen-bond donors (Lipinski definition) is 1. The van der Waals surface area contributed by atoms with Crippen LogP contribution in [0.3, 0.4) is 0 Å². The van der Waals surface area contributed by atoms with Crippen LogP contribution in [0.4, 0.5) is 0 Å². The molecule has 0 heterocycles. The molecule has 1 aromatic carbocycles. The van der Waals surface area contributed by atoms with Gasteiger partial charge in [0.15, 0.2) is 0 Å². The fourth-order valence-electron chi connectivity index (χ4n) is 3.04. The Labute approximate surface area is 149 Å². The summed E-state index contributed by atoms with van der Waals surface area (Å²) in [4.78, 5) is 23.5. The van der Waals surface area contributed by atoms with E-state index in [1.807, 2.05) is 6.92 Å². The predicted octanol–water partition coefficient (Wildman–Crippen LogP) is 4.27. The molecule has 2 rings (SSSR count). The summed E-state index contributed by atoms with van der Waals surface area (Å²) in [6.07, 6.45) is 6.21. The number of nitrogens with two attached hydrogens (primary N) is 1. The highest BCUT2D eigenvalue weighted by Gasteiger charge is 2.24. The lowest BCUT2D eigenvalue weighted by atomic mass is 9.81. The molecular weight excluding hydrogens is 314 g/mol. The van der Waals surface area contributed by atoms with Gasteiger partial charge < -0.3 is 10.5 Å². The van der Waals surface area contributed by atoms with Crippen LogP contribution in [0.5, 0.6) is 5.75 Å². The van der Waals surface area contributed by atoms with Gasteiger partial charge in [-0.2, -0.15) is 0 Å². The monoisotopic (exact) mass is 341 g/mol. The number of benzene rings is 1. The van der Waals surface area contributed by atoms with Gasteiger partial charge in [-0.15, -0.1) is 0 Å². The van der Waals surface area contributed by atoms with E-state index in [0.717, 1.165) is 18.4 Å². The van der Waals surface area contributed by atoms with Crippen molar-refractivity contribution in [1.29, 1.82) is 0 Å². The van der Waals surface area contributed by atoms with Crippen LogP contribution in [0.1, 0.15) is 50.9 Å². The SMILES string of the molecule is CC(C)CC1=CC=C(C(C)C(=O)Oc2ccc(C(N)=O)cc2)CC1C. The molecule has 25 heavy (non-hydrogen) atoms. The maximum absolute atomic E-state index is 12.4. The zero-order chi connectivity index (χ0) is 18.6. The van der Waals surface area contributed by atoms with E-state index >= 15 is 0 Å². The van der Waals surface area contributed by atoms with E-state index in [1.165, 1.54) is 5.57 Å². The third kappa shape index (κ3) is 5.05. The van der Waals surface area contributed by atoms with Crippen LogP contribution in [-0.2, 0) is 4.79 Å². The topological polar surface area (TPSA) is 69.4 Å². The van der Waals surface area contributed by atoms with Gasteiger partial charge in [-0.3, -0.25) is 9.59 Å². The second-order valence-corrected chi connectivity index (χ2v) is 7.22. The number of rotatable bonds is 6. The lowest BCUT2D eigenvalue weighted by Gasteiger charge is -2.25. The Hall–Kier alpha value is -2.36. The van der Waals surface area contributed by atoms with E-state index in [9.17, 15) is 9.59 Å². The fourth-order valence-corrected chi connectivity index (χ4v) is 3.04. The van der Waals surface area contributed by atoms with Crippen LogP contribution in [-0.4, -0.2) is 11.9 Å². The van der Waals surface area contributed by atoms with Gasteiger partial charge in [0.1, 0.15) is 5.75 Å². The number of allylic oxidation sites excluding steroid dienone is 3. The Bertz CT molecular complexity index is 698. The second kappa shape index (κ2) is 8.15. The van der Waals surface area contributed by atoms with Gasteiger partial charge in [0.05, 0.1) is 5.92 Å².